The minimum atomic E-state index is 0.203. The first-order valence-corrected chi connectivity index (χ1v) is 7.87. The Kier molecular flexibility index (Phi) is 3.76. The molecule has 1 aliphatic carbocycles. The molecule has 0 fully saturated rings. The molecule has 1 unspecified atom stereocenters. The van der Waals surface area contributed by atoms with Crippen LogP contribution in [-0.4, -0.2) is 11.3 Å². The van der Waals surface area contributed by atoms with E-state index >= 15 is 0 Å². The monoisotopic (exact) mass is 296 g/mol. The van der Waals surface area contributed by atoms with Gasteiger partial charge in [0.1, 0.15) is 16.8 Å². The molecule has 0 spiro atoms. The van der Waals surface area contributed by atoms with E-state index in [2.05, 4.69) is 18.0 Å². The van der Waals surface area contributed by atoms with Crippen molar-refractivity contribution in [1.29, 1.82) is 5.26 Å². The second-order valence-corrected chi connectivity index (χ2v) is 6.54. The maximum atomic E-state index is 9.76. The van der Waals surface area contributed by atoms with Crippen molar-refractivity contribution in [2.75, 3.05) is 0 Å². The molecular formula is C17H16N2OS. The number of nitrogens with zero attached hydrogens (tertiary/aromatic N) is 2. The summed E-state index contributed by atoms with van der Waals surface area (Å²) >= 11 is 1.61. The molecule has 1 heterocycles. The normalized spacial score (nSPS) is 17.6. The number of para-hydroxylation sites is 1. The van der Waals surface area contributed by atoms with Crippen LogP contribution in [0.5, 0.6) is 5.75 Å². The molecule has 3 rings (SSSR count). The zero-order valence-electron chi connectivity index (χ0n) is 11.8. The van der Waals surface area contributed by atoms with Crippen LogP contribution < -0.4 is 0 Å². The molecule has 0 amide bonds. The van der Waals surface area contributed by atoms with Gasteiger partial charge in [-0.3, -0.25) is 0 Å². The molecule has 3 nitrogen and oxygen atoms in total. The third-order valence-electron chi connectivity index (χ3n) is 3.86. The number of nitriles is 1. The van der Waals surface area contributed by atoms with Crippen LogP contribution in [0.4, 0.5) is 5.00 Å². The predicted molar refractivity (Wildman–Crippen MR) is 85.6 cm³/mol. The Balaban J connectivity index is 1.97. The molecule has 1 aromatic heterocycles. The van der Waals surface area contributed by atoms with Crippen LogP contribution in [0.3, 0.4) is 0 Å². The van der Waals surface area contributed by atoms with E-state index in [1.54, 1.807) is 35.8 Å². The molecule has 0 radical (unpaired) electrons. The van der Waals surface area contributed by atoms with Gasteiger partial charge >= 0.3 is 0 Å². The van der Waals surface area contributed by atoms with Gasteiger partial charge in [0.25, 0.3) is 0 Å². The van der Waals surface area contributed by atoms with Gasteiger partial charge in [-0.15, -0.1) is 11.3 Å². The maximum Gasteiger partial charge on any atom is 0.134 e. The van der Waals surface area contributed by atoms with Gasteiger partial charge in [0, 0.05) is 16.7 Å². The second kappa shape index (κ2) is 5.71. The van der Waals surface area contributed by atoms with Gasteiger partial charge in [0.05, 0.1) is 5.56 Å². The Morgan fingerprint density at radius 3 is 3.00 bits per heavy atom. The van der Waals surface area contributed by atoms with Gasteiger partial charge in [-0.25, -0.2) is 4.99 Å². The quantitative estimate of drug-likeness (QED) is 0.844. The molecule has 106 valence electrons. The molecule has 0 aliphatic heterocycles. The summed E-state index contributed by atoms with van der Waals surface area (Å²) in [6.07, 6.45) is 4.79. The summed E-state index contributed by atoms with van der Waals surface area (Å²) in [5.41, 5.74) is 2.57. The van der Waals surface area contributed by atoms with E-state index in [1.165, 1.54) is 10.4 Å². The summed E-state index contributed by atoms with van der Waals surface area (Å²) in [6.45, 7) is 2.25. The first-order valence-electron chi connectivity index (χ1n) is 7.05. The minimum absolute atomic E-state index is 0.203. The number of fused-ring (bicyclic) bond motifs is 1. The van der Waals surface area contributed by atoms with Crippen LogP contribution in [0.1, 0.15) is 34.9 Å². The van der Waals surface area contributed by atoms with Crippen molar-refractivity contribution in [2.24, 2.45) is 10.9 Å². The Hall–Kier alpha value is -2.12. The van der Waals surface area contributed by atoms with Crippen LogP contribution in [0.25, 0.3) is 0 Å². The maximum absolute atomic E-state index is 9.76. The van der Waals surface area contributed by atoms with E-state index in [0.717, 1.165) is 24.3 Å². The number of rotatable bonds is 2. The van der Waals surface area contributed by atoms with Crippen molar-refractivity contribution in [1.82, 2.24) is 0 Å². The summed E-state index contributed by atoms with van der Waals surface area (Å²) in [4.78, 5) is 5.75. The van der Waals surface area contributed by atoms with Gasteiger partial charge < -0.3 is 5.11 Å². The first-order chi connectivity index (χ1) is 10.2. The van der Waals surface area contributed by atoms with Gasteiger partial charge in [-0.1, -0.05) is 19.1 Å². The number of thiophene rings is 1. The predicted octanol–water partition coefficient (Wildman–Crippen LogP) is 4.20. The number of phenols is 1. The van der Waals surface area contributed by atoms with Crippen LogP contribution in [0.2, 0.25) is 0 Å². The molecule has 0 saturated heterocycles. The van der Waals surface area contributed by atoms with Crippen molar-refractivity contribution in [3.05, 3.63) is 45.8 Å². The largest absolute Gasteiger partial charge is 0.507 e. The molecule has 4 heteroatoms. The third-order valence-corrected chi connectivity index (χ3v) is 5.02. The molecule has 1 aromatic carbocycles. The first kappa shape index (κ1) is 13.8. The Morgan fingerprint density at radius 1 is 1.43 bits per heavy atom. The molecule has 1 N–H and O–H groups in total. The molecule has 0 bridgehead atoms. The van der Waals surface area contributed by atoms with E-state index < -0.39 is 0 Å². The average molecular weight is 296 g/mol. The zero-order chi connectivity index (χ0) is 14.8. The Morgan fingerprint density at radius 2 is 2.24 bits per heavy atom. The molecule has 2 aromatic rings. The third kappa shape index (κ3) is 2.70. The van der Waals surface area contributed by atoms with E-state index in [-0.39, 0.29) is 5.75 Å². The van der Waals surface area contributed by atoms with Crippen molar-refractivity contribution in [3.8, 4) is 11.8 Å². The number of aliphatic imine (C=N–C) groups is 1. The number of benzene rings is 1. The van der Waals surface area contributed by atoms with Crippen LogP contribution in [-0.2, 0) is 12.8 Å². The van der Waals surface area contributed by atoms with Crippen molar-refractivity contribution < 1.29 is 5.11 Å². The van der Waals surface area contributed by atoms with Crippen LogP contribution in [0.15, 0.2) is 29.3 Å². The highest BCUT2D eigenvalue weighted by atomic mass is 32.1. The molecular weight excluding hydrogens is 280 g/mol. The van der Waals surface area contributed by atoms with Gasteiger partial charge in [0.15, 0.2) is 0 Å². The van der Waals surface area contributed by atoms with Gasteiger partial charge in [0.2, 0.25) is 0 Å². The van der Waals surface area contributed by atoms with Crippen molar-refractivity contribution >= 4 is 22.6 Å². The van der Waals surface area contributed by atoms with E-state index in [9.17, 15) is 10.4 Å². The lowest BCUT2D eigenvalue weighted by Gasteiger charge is -2.17. The Bertz CT molecular complexity index is 740. The van der Waals surface area contributed by atoms with Crippen LogP contribution in [0, 0.1) is 17.2 Å². The molecule has 21 heavy (non-hydrogen) atoms. The standard InChI is InChI=1S/C17H16N2OS/c1-11-6-7-13-14(9-18)17(21-16(13)8-11)19-10-12-4-2-3-5-15(12)20/h2-5,10-11,20H,6-8H2,1H3/b19-10+. The Labute approximate surface area is 128 Å². The lowest BCUT2D eigenvalue weighted by molar-refractivity contribution is 0.474. The highest BCUT2D eigenvalue weighted by molar-refractivity contribution is 7.16. The fourth-order valence-electron chi connectivity index (χ4n) is 2.67. The van der Waals surface area contributed by atoms with E-state index in [4.69, 9.17) is 0 Å². The number of hydrogen-bond donors (Lipinski definition) is 1. The van der Waals surface area contributed by atoms with Gasteiger partial charge in [-0.2, -0.15) is 5.26 Å². The highest BCUT2D eigenvalue weighted by Gasteiger charge is 2.23. The summed E-state index contributed by atoms with van der Waals surface area (Å²) in [6, 6.07) is 9.37. The molecule has 1 aliphatic rings. The lowest BCUT2D eigenvalue weighted by atomic mass is 9.89. The van der Waals surface area contributed by atoms with Crippen LogP contribution >= 0.6 is 11.3 Å². The topological polar surface area (TPSA) is 56.4 Å². The summed E-state index contributed by atoms with van der Waals surface area (Å²) < 4.78 is 0. The average Bonchev–Trinajstić information content (AvgIpc) is 2.82. The van der Waals surface area contributed by atoms with E-state index in [0.29, 0.717) is 17.0 Å². The summed E-state index contributed by atoms with van der Waals surface area (Å²) in [5.74, 6) is 0.882. The van der Waals surface area contributed by atoms with Crippen molar-refractivity contribution in [3.63, 3.8) is 0 Å². The lowest BCUT2D eigenvalue weighted by Crippen LogP contribution is -2.09. The number of phenolic OH excluding ortho intramolecular Hbond substituents is 1. The number of hydrogen-bond acceptors (Lipinski definition) is 4. The fraction of sp³-hybridized carbons (Fsp3) is 0.294. The smallest absolute Gasteiger partial charge is 0.134 e. The summed E-state index contributed by atoms with van der Waals surface area (Å²) in [5, 5.41) is 19.9. The van der Waals surface area contributed by atoms with Gasteiger partial charge in [-0.05, 0) is 42.9 Å². The second-order valence-electron chi connectivity index (χ2n) is 5.46. The number of aromatic hydroxyl groups is 1. The minimum Gasteiger partial charge on any atom is -0.507 e. The highest BCUT2D eigenvalue weighted by Crippen LogP contribution is 2.40. The molecule has 0 saturated carbocycles. The van der Waals surface area contributed by atoms with E-state index in [1.807, 2.05) is 6.07 Å². The molecule has 1 atom stereocenters. The SMILES string of the molecule is CC1CCc2c(sc(/N=C/c3ccccc3O)c2C#N)C1. The zero-order valence-corrected chi connectivity index (χ0v) is 12.7. The fourth-order valence-corrected chi connectivity index (χ4v) is 3.97. The van der Waals surface area contributed by atoms with Crippen molar-refractivity contribution in [2.45, 2.75) is 26.2 Å². The summed E-state index contributed by atoms with van der Waals surface area (Å²) in [7, 11) is 0.